The third-order valence-corrected chi connectivity index (χ3v) is 3.40. The Balaban J connectivity index is 2.59. The highest BCUT2D eigenvalue weighted by Crippen LogP contribution is 2.26. The zero-order valence-electron chi connectivity index (χ0n) is 11.4. The van der Waals surface area contributed by atoms with Crippen molar-refractivity contribution in [1.29, 1.82) is 0 Å². The van der Waals surface area contributed by atoms with Crippen LogP contribution in [0.4, 0.5) is 0 Å². The van der Waals surface area contributed by atoms with Crippen molar-refractivity contribution in [1.82, 2.24) is 10.2 Å². The zero-order chi connectivity index (χ0) is 12.4. The summed E-state index contributed by atoms with van der Waals surface area (Å²) in [4.78, 5) is 14.5. The third kappa shape index (κ3) is 3.56. The van der Waals surface area contributed by atoms with Crippen LogP contribution in [0.3, 0.4) is 0 Å². The lowest BCUT2D eigenvalue weighted by Crippen LogP contribution is -2.54. The van der Waals surface area contributed by atoms with E-state index in [-0.39, 0.29) is 11.0 Å². The Morgan fingerprint density at radius 3 is 2.06 bits per heavy atom. The maximum absolute atomic E-state index is 12.1. The van der Waals surface area contributed by atoms with Crippen LogP contribution in [0, 0.1) is 5.41 Å². The average molecular weight is 226 g/mol. The Morgan fingerprint density at radius 2 is 1.62 bits per heavy atom. The van der Waals surface area contributed by atoms with Crippen LogP contribution >= 0.6 is 0 Å². The van der Waals surface area contributed by atoms with Crippen LogP contribution in [0.5, 0.6) is 0 Å². The Kier molecular flexibility index (Phi) is 4.13. The number of carbonyl (C=O) groups excluding carboxylic acids is 1. The summed E-state index contributed by atoms with van der Waals surface area (Å²) in [6, 6.07) is 0. The molecule has 0 saturated carbocycles. The average Bonchev–Trinajstić information content (AvgIpc) is 2.17. The van der Waals surface area contributed by atoms with E-state index in [1.165, 1.54) is 0 Å². The van der Waals surface area contributed by atoms with Crippen molar-refractivity contribution in [3.63, 3.8) is 0 Å². The van der Waals surface area contributed by atoms with Gasteiger partial charge in [0.2, 0.25) is 0 Å². The van der Waals surface area contributed by atoms with E-state index in [2.05, 4.69) is 24.1 Å². The van der Waals surface area contributed by atoms with Gasteiger partial charge in [0, 0.05) is 43.6 Å². The summed E-state index contributed by atoms with van der Waals surface area (Å²) in [5, 5.41) is 3.34. The highest BCUT2D eigenvalue weighted by atomic mass is 16.1. The van der Waals surface area contributed by atoms with E-state index in [9.17, 15) is 4.79 Å². The lowest BCUT2D eigenvalue weighted by Gasteiger charge is -2.41. The van der Waals surface area contributed by atoms with Gasteiger partial charge in [-0.2, -0.15) is 0 Å². The van der Waals surface area contributed by atoms with Crippen molar-refractivity contribution in [2.75, 3.05) is 26.2 Å². The van der Waals surface area contributed by atoms with Crippen LogP contribution in [-0.4, -0.2) is 42.4 Å². The molecule has 1 rings (SSSR count). The minimum Gasteiger partial charge on any atom is -0.314 e. The minimum absolute atomic E-state index is 0.00748. The quantitative estimate of drug-likeness (QED) is 0.794. The first kappa shape index (κ1) is 13.7. The standard InChI is InChI=1S/C13H26N2O/c1-12(2,3)11(16)10-13(4,5)15-8-6-14-7-9-15/h14H,6-10H2,1-5H3. The molecule has 3 heteroatoms. The van der Waals surface area contributed by atoms with Gasteiger partial charge >= 0.3 is 0 Å². The molecule has 0 bridgehead atoms. The summed E-state index contributed by atoms with van der Waals surface area (Å²) in [5.41, 5.74) is -0.224. The maximum atomic E-state index is 12.1. The van der Waals surface area contributed by atoms with Crippen LogP contribution in [-0.2, 0) is 4.79 Å². The highest BCUT2D eigenvalue weighted by Gasteiger charge is 2.33. The second-order valence-electron chi connectivity index (χ2n) is 6.40. The SMILES string of the molecule is CC(C)(C)C(=O)CC(C)(C)N1CCNCC1. The molecule has 1 N–H and O–H groups in total. The van der Waals surface area contributed by atoms with Gasteiger partial charge < -0.3 is 5.32 Å². The molecule has 1 heterocycles. The van der Waals surface area contributed by atoms with Crippen LogP contribution in [0.1, 0.15) is 41.0 Å². The van der Waals surface area contributed by atoms with Gasteiger partial charge in [-0.25, -0.2) is 0 Å². The van der Waals surface area contributed by atoms with Gasteiger partial charge in [-0.05, 0) is 13.8 Å². The molecule has 0 atom stereocenters. The van der Waals surface area contributed by atoms with E-state index >= 15 is 0 Å². The van der Waals surface area contributed by atoms with E-state index < -0.39 is 0 Å². The molecule has 94 valence electrons. The van der Waals surface area contributed by atoms with Crippen LogP contribution in [0.2, 0.25) is 0 Å². The van der Waals surface area contributed by atoms with E-state index in [4.69, 9.17) is 0 Å². The second kappa shape index (κ2) is 4.84. The van der Waals surface area contributed by atoms with Crippen LogP contribution in [0.25, 0.3) is 0 Å². The first-order valence-corrected chi connectivity index (χ1v) is 6.22. The first-order valence-electron chi connectivity index (χ1n) is 6.22. The molecule has 0 aromatic carbocycles. The van der Waals surface area contributed by atoms with Gasteiger partial charge in [-0.3, -0.25) is 9.69 Å². The topological polar surface area (TPSA) is 32.3 Å². The zero-order valence-corrected chi connectivity index (χ0v) is 11.4. The Labute approximate surface area is 99.6 Å². The van der Waals surface area contributed by atoms with Gasteiger partial charge in [0.05, 0.1) is 0 Å². The van der Waals surface area contributed by atoms with Crippen molar-refractivity contribution in [2.24, 2.45) is 5.41 Å². The van der Waals surface area contributed by atoms with Crippen molar-refractivity contribution in [2.45, 2.75) is 46.6 Å². The number of Topliss-reactive ketones (excluding diaryl/α,β-unsaturated/α-hetero) is 1. The van der Waals surface area contributed by atoms with Gasteiger partial charge in [-0.15, -0.1) is 0 Å². The Hall–Kier alpha value is -0.410. The molecule has 1 saturated heterocycles. The number of ketones is 1. The van der Waals surface area contributed by atoms with Gasteiger partial charge in [0.15, 0.2) is 0 Å². The van der Waals surface area contributed by atoms with Gasteiger partial charge in [0.1, 0.15) is 5.78 Å². The predicted molar refractivity (Wildman–Crippen MR) is 67.6 cm³/mol. The molecular weight excluding hydrogens is 200 g/mol. The van der Waals surface area contributed by atoms with E-state index in [0.29, 0.717) is 12.2 Å². The van der Waals surface area contributed by atoms with Crippen LogP contribution < -0.4 is 5.32 Å². The van der Waals surface area contributed by atoms with Gasteiger partial charge in [-0.1, -0.05) is 20.8 Å². The number of nitrogens with one attached hydrogen (secondary N) is 1. The fourth-order valence-corrected chi connectivity index (χ4v) is 2.04. The van der Waals surface area contributed by atoms with Crippen molar-refractivity contribution < 1.29 is 4.79 Å². The first-order chi connectivity index (χ1) is 7.23. The predicted octanol–water partition coefficient (Wildman–Crippen LogP) is 1.68. The molecular formula is C13H26N2O. The molecule has 0 radical (unpaired) electrons. The molecule has 16 heavy (non-hydrogen) atoms. The number of rotatable bonds is 3. The lowest BCUT2D eigenvalue weighted by molar-refractivity contribution is -0.129. The lowest BCUT2D eigenvalue weighted by atomic mass is 9.82. The molecule has 0 unspecified atom stereocenters. The van der Waals surface area contributed by atoms with Gasteiger partial charge in [0.25, 0.3) is 0 Å². The molecule has 0 amide bonds. The summed E-state index contributed by atoms with van der Waals surface area (Å²) in [6.45, 7) is 14.5. The highest BCUT2D eigenvalue weighted by molar-refractivity contribution is 5.84. The monoisotopic (exact) mass is 226 g/mol. The van der Waals surface area contributed by atoms with E-state index in [0.717, 1.165) is 26.2 Å². The molecule has 3 nitrogen and oxygen atoms in total. The number of nitrogens with zero attached hydrogens (tertiary/aromatic N) is 1. The maximum Gasteiger partial charge on any atom is 0.140 e. The summed E-state index contributed by atoms with van der Waals surface area (Å²) in [6.07, 6.45) is 0.649. The second-order valence-corrected chi connectivity index (χ2v) is 6.40. The molecule has 1 aliphatic heterocycles. The molecule has 0 aromatic rings. The molecule has 1 aliphatic rings. The number of piperazine rings is 1. The summed E-state index contributed by atoms with van der Waals surface area (Å²) >= 11 is 0. The van der Waals surface area contributed by atoms with E-state index in [1.54, 1.807) is 0 Å². The fraction of sp³-hybridized carbons (Fsp3) is 0.923. The van der Waals surface area contributed by atoms with Crippen molar-refractivity contribution in [3.05, 3.63) is 0 Å². The number of carbonyl (C=O) groups is 1. The largest absolute Gasteiger partial charge is 0.314 e. The Bertz CT molecular complexity index is 247. The molecule has 1 fully saturated rings. The molecule has 0 aromatic heterocycles. The smallest absolute Gasteiger partial charge is 0.140 e. The summed E-state index contributed by atoms with van der Waals surface area (Å²) < 4.78 is 0. The number of hydrogen-bond donors (Lipinski definition) is 1. The minimum atomic E-state index is -0.217. The number of hydrogen-bond acceptors (Lipinski definition) is 3. The Morgan fingerprint density at radius 1 is 1.12 bits per heavy atom. The molecule has 0 spiro atoms. The fourth-order valence-electron chi connectivity index (χ4n) is 2.04. The van der Waals surface area contributed by atoms with Crippen molar-refractivity contribution in [3.8, 4) is 0 Å². The van der Waals surface area contributed by atoms with Crippen LogP contribution in [0.15, 0.2) is 0 Å². The van der Waals surface area contributed by atoms with Crippen molar-refractivity contribution >= 4 is 5.78 Å². The summed E-state index contributed by atoms with van der Waals surface area (Å²) in [5.74, 6) is 0.357. The molecule has 0 aliphatic carbocycles. The normalized spacial score (nSPS) is 19.8. The third-order valence-electron chi connectivity index (χ3n) is 3.40. The van der Waals surface area contributed by atoms with E-state index in [1.807, 2.05) is 20.8 Å². The summed E-state index contributed by atoms with van der Waals surface area (Å²) in [7, 11) is 0.